The van der Waals surface area contributed by atoms with Gasteiger partial charge < -0.3 is 20.9 Å². The zero-order valence-electron chi connectivity index (χ0n) is 29.4. The summed E-state index contributed by atoms with van der Waals surface area (Å²) in [6.07, 6.45) is 25.6. The van der Waals surface area contributed by atoms with E-state index < -0.39 is 18.1 Å². The Morgan fingerprint density at radius 2 is 1.00 bits per heavy atom. The fourth-order valence-corrected chi connectivity index (χ4v) is 5.71. The van der Waals surface area contributed by atoms with E-state index in [1.165, 1.54) is 89.9 Å². The van der Waals surface area contributed by atoms with Crippen LogP contribution in [0.4, 0.5) is 0 Å². The number of rotatable bonds is 32. The molecular weight excluding hydrogens is 552 g/mol. The predicted octanol–water partition coefficient (Wildman–Crippen LogP) is 9.49. The molecule has 0 aliphatic rings. The summed E-state index contributed by atoms with van der Waals surface area (Å²) in [7, 11) is 0. The van der Waals surface area contributed by atoms with Gasteiger partial charge in [0.15, 0.2) is 0 Å². The van der Waals surface area contributed by atoms with Crippen molar-refractivity contribution in [1.29, 1.82) is 0 Å². The van der Waals surface area contributed by atoms with Gasteiger partial charge in [-0.2, -0.15) is 0 Å². The SMILES string of the molecule is CC(C)CCCCCCCCCCCC(=O)O[C@H](CCCCCCCCCCCC(C)C)CC(=O)N[C@@H](CCCN)C(=O)O. The Bertz CT molecular complexity index is 697. The first-order valence-corrected chi connectivity index (χ1v) is 18.6. The average molecular weight is 625 g/mol. The Morgan fingerprint density at radius 3 is 1.41 bits per heavy atom. The summed E-state index contributed by atoms with van der Waals surface area (Å²) in [5.74, 6) is -0.0878. The normalized spacial score (nSPS) is 12.9. The van der Waals surface area contributed by atoms with Crippen molar-refractivity contribution in [3.8, 4) is 0 Å². The summed E-state index contributed by atoms with van der Waals surface area (Å²) >= 11 is 0. The highest BCUT2D eigenvalue weighted by atomic mass is 16.5. The van der Waals surface area contributed by atoms with Gasteiger partial charge in [-0.3, -0.25) is 9.59 Å². The van der Waals surface area contributed by atoms with Crippen molar-refractivity contribution < 1.29 is 24.2 Å². The standard InChI is InChI=1S/C37H72N2O5/c1-31(2)24-19-15-11-7-5-9-13-17-21-26-33(30-35(40)39-34(37(42)43)27-23-29-38)44-36(41)28-22-18-14-10-6-8-12-16-20-25-32(3)4/h31-34H,5-30,38H2,1-4H3,(H,39,40)(H,42,43)/t33-,34+/m1/s1. The smallest absolute Gasteiger partial charge is 0.326 e. The molecule has 7 nitrogen and oxygen atoms in total. The van der Waals surface area contributed by atoms with Gasteiger partial charge in [0.05, 0.1) is 6.42 Å². The van der Waals surface area contributed by atoms with Crippen LogP contribution in [0.2, 0.25) is 0 Å². The number of hydrogen-bond acceptors (Lipinski definition) is 5. The zero-order chi connectivity index (χ0) is 32.8. The number of carboxylic acids is 1. The van der Waals surface area contributed by atoms with Gasteiger partial charge in [0, 0.05) is 6.42 Å². The van der Waals surface area contributed by atoms with Gasteiger partial charge in [-0.15, -0.1) is 0 Å². The maximum atomic E-state index is 12.7. The van der Waals surface area contributed by atoms with Crippen LogP contribution in [-0.4, -0.2) is 41.6 Å². The molecule has 0 radical (unpaired) electrons. The van der Waals surface area contributed by atoms with Crippen molar-refractivity contribution in [1.82, 2.24) is 5.32 Å². The number of aliphatic carboxylic acids is 1. The minimum atomic E-state index is -1.06. The van der Waals surface area contributed by atoms with Gasteiger partial charge in [-0.25, -0.2) is 4.79 Å². The average Bonchev–Trinajstić information content (AvgIpc) is 2.96. The van der Waals surface area contributed by atoms with Crippen LogP contribution >= 0.6 is 0 Å². The third-order valence-corrected chi connectivity index (χ3v) is 8.51. The molecule has 0 aromatic heterocycles. The quantitative estimate of drug-likeness (QED) is 0.0507. The molecule has 0 saturated heterocycles. The number of nitrogens with one attached hydrogen (secondary N) is 1. The van der Waals surface area contributed by atoms with Crippen molar-refractivity contribution in [2.45, 2.75) is 200 Å². The van der Waals surface area contributed by atoms with E-state index >= 15 is 0 Å². The Hall–Kier alpha value is -1.63. The van der Waals surface area contributed by atoms with Gasteiger partial charge in [0.1, 0.15) is 12.1 Å². The van der Waals surface area contributed by atoms with Crippen molar-refractivity contribution >= 4 is 17.8 Å². The maximum Gasteiger partial charge on any atom is 0.326 e. The van der Waals surface area contributed by atoms with Gasteiger partial charge >= 0.3 is 11.9 Å². The lowest BCUT2D eigenvalue weighted by atomic mass is 10.0. The zero-order valence-corrected chi connectivity index (χ0v) is 29.4. The van der Waals surface area contributed by atoms with Gasteiger partial charge in [0.2, 0.25) is 5.91 Å². The van der Waals surface area contributed by atoms with E-state index in [0.29, 0.717) is 25.8 Å². The van der Waals surface area contributed by atoms with Gasteiger partial charge in [0.25, 0.3) is 0 Å². The van der Waals surface area contributed by atoms with E-state index in [0.717, 1.165) is 50.4 Å². The summed E-state index contributed by atoms with van der Waals surface area (Å²) in [5.41, 5.74) is 5.52. The molecule has 0 aliphatic heterocycles. The Balaban J connectivity index is 4.40. The van der Waals surface area contributed by atoms with E-state index in [9.17, 15) is 19.5 Å². The van der Waals surface area contributed by atoms with Crippen molar-refractivity contribution in [3.63, 3.8) is 0 Å². The number of carbonyl (C=O) groups is 3. The van der Waals surface area contributed by atoms with E-state index in [1.807, 2.05) is 0 Å². The topological polar surface area (TPSA) is 119 Å². The molecule has 0 aromatic carbocycles. The summed E-state index contributed by atoms with van der Waals surface area (Å²) in [4.78, 5) is 36.9. The van der Waals surface area contributed by atoms with Crippen LogP contribution in [-0.2, 0) is 19.1 Å². The molecule has 0 unspecified atom stereocenters. The third kappa shape index (κ3) is 29.1. The van der Waals surface area contributed by atoms with Crippen LogP contribution in [0.25, 0.3) is 0 Å². The molecule has 2 atom stereocenters. The lowest BCUT2D eigenvalue weighted by Crippen LogP contribution is -2.42. The fourth-order valence-electron chi connectivity index (χ4n) is 5.71. The first-order chi connectivity index (χ1) is 21.1. The minimum Gasteiger partial charge on any atom is -0.480 e. The van der Waals surface area contributed by atoms with E-state index in [2.05, 4.69) is 33.0 Å². The number of esters is 1. The third-order valence-electron chi connectivity index (χ3n) is 8.51. The summed E-state index contributed by atoms with van der Waals surface area (Å²) in [5, 5.41) is 12.1. The molecule has 0 aromatic rings. The predicted molar refractivity (Wildman–Crippen MR) is 184 cm³/mol. The highest BCUT2D eigenvalue weighted by Gasteiger charge is 2.23. The number of amides is 1. The van der Waals surface area contributed by atoms with Crippen LogP contribution in [0.5, 0.6) is 0 Å². The second-order valence-electron chi connectivity index (χ2n) is 14.0. The Kier molecular flexibility index (Phi) is 28.9. The molecule has 260 valence electrons. The molecule has 0 rings (SSSR count). The molecule has 0 aliphatic carbocycles. The van der Waals surface area contributed by atoms with E-state index in [4.69, 9.17) is 10.5 Å². The van der Waals surface area contributed by atoms with Gasteiger partial charge in [-0.05, 0) is 50.5 Å². The summed E-state index contributed by atoms with van der Waals surface area (Å²) in [6, 6.07) is -0.965. The van der Waals surface area contributed by atoms with Crippen LogP contribution in [0, 0.1) is 11.8 Å². The molecule has 0 spiro atoms. The van der Waals surface area contributed by atoms with Crippen molar-refractivity contribution in [3.05, 3.63) is 0 Å². The van der Waals surface area contributed by atoms with Crippen LogP contribution < -0.4 is 11.1 Å². The number of ether oxygens (including phenoxy) is 1. The number of carboxylic acid groups (broad SMARTS) is 1. The van der Waals surface area contributed by atoms with E-state index in [-0.39, 0.29) is 24.7 Å². The molecule has 4 N–H and O–H groups in total. The second-order valence-corrected chi connectivity index (χ2v) is 14.0. The fraction of sp³-hybridized carbons (Fsp3) is 0.919. The first-order valence-electron chi connectivity index (χ1n) is 18.6. The number of unbranched alkanes of at least 4 members (excludes halogenated alkanes) is 16. The molecule has 0 heterocycles. The Morgan fingerprint density at radius 1 is 0.591 bits per heavy atom. The molecule has 0 bridgehead atoms. The van der Waals surface area contributed by atoms with Crippen LogP contribution in [0.15, 0.2) is 0 Å². The molecule has 0 saturated carbocycles. The second kappa shape index (κ2) is 30.0. The van der Waals surface area contributed by atoms with E-state index in [1.54, 1.807) is 0 Å². The largest absolute Gasteiger partial charge is 0.480 e. The minimum absolute atomic E-state index is 0.00565. The van der Waals surface area contributed by atoms with Crippen molar-refractivity contribution in [2.75, 3.05) is 6.54 Å². The number of hydrogen-bond donors (Lipinski definition) is 3. The maximum absolute atomic E-state index is 12.7. The van der Waals surface area contributed by atoms with Crippen LogP contribution in [0.3, 0.4) is 0 Å². The molecular formula is C37H72N2O5. The highest BCUT2D eigenvalue weighted by Crippen LogP contribution is 2.18. The van der Waals surface area contributed by atoms with Crippen LogP contribution in [0.1, 0.15) is 188 Å². The Labute approximate surface area is 271 Å². The monoisotopic (exact) mass is 625 g/mol. The molecule has 7 heteroatoms. The summed E-state index contributed by atoms with van der Waals surface area (Å²) in [6.45, 7) is 9.52. The lowest BCUT2D eigenvalue weighted by molar-refractivity contribution is -0.151. The molecule has 0 fully saturated rings. The number of nitrogens with two attached hydrogens (primary N) is 1. The van der Waals surface area contributed by atoms with Crippen molar-refractivity contribution in [2.24, 2.45) is 17.6 Å². The number of carbonyl (C=O) groups excluding carboxylic acids is 2. The first kappa shape index (κ1) is 42.4. The summed E-state index contributed by atoms with van der Waals surface area (Å²) < 4.78 is 5.78. The molecule has 1 amide bonds. The van der Waals surface area contributed by atoms with Gasteiger partial charge in [-0.1, -0.05) is 143 Å². The highest BCUT2D eigenvalue weighted by molar-refractivity contribution is 5.84. The molecule has 44 heavy (non-hydrogen) atoms. The lowest BCUT2D eigenvalue weighted by Gasteiger charge is -2.20.